The van der Waals surface area contributed by atoms with Gasteiger partial charge in [0.25, 0.3) is 0 Å². The first-order chi connectivity index (χ1) is 9.20. The molecule has 0 fully saturated rings. The predicted molar refractivity (Wildman–Crippen MR) is 82.6 cm³/mol. The fraction of sp³-hybridized carbons (Fsp3) is 0.333. The van der Waals surface area contributed by atoms with Crippen LogP contribution >= 0.6 is 27.5 Å². The van der Waals surface area contributed by atoms with Gasteiger partial charge >= 0.3 is 0 Å². The Morgan fingerprint density at radius 2 is 2.05 bits per heavy atom. The minimum Gasteiger partial charge on any atom is -0.453 e. The summed E-state index contributed by atoms with van der Waals surface area (Å²) in [5, 5.41) is 4.30. The molecule has 0 saturated heterocycles. The summed E-state index contributed by atoms with van der Waals surface area (Å²) >= 11 is 9.58. The van der Waals surface area contributed by atoms with Crippen molar-refractivity contribution in [1.82, 2.24) is 5.32 Å². The smallest absolute Gasteiger partial charge is 0.169 e. The van der Waals surface area contributed by atoms with Gasteiger partial charge in [0, 0.05) is 5.02 Å². The van der Waals surface area contributed by atoms with Crippen LogP contribution in [0.25, 0.3) is 0 Å². The fourth-order valence-corrected chi connectivity index (χ4v) is 2.52. The lowest BCUT2D eigenvalue weighted by Gasteiger charge is -2.17. The topological polar surface area (TPSA) is 25.2 Å². The molecule has 1 heterocycles. The number of hydrogen-bond donors (Lipinski definition) is 1. The molecule has 0 aliphatic rings. The second kappa shape index (κ2) is 7.13. The van der Waals surface area contributed by atoms with Crippen LogP contribution in [0, 0.1) is 0 Å². The molecule has 1 atom stereocenters. The van der Waals surface area contributed by atoms with Gasteiger partial charge < -0.3 is 9.73 Å². The zero-order valence-electron chi connectivity index (χ0n) is 10.8. The van der Waals surface area contributed by atoms with Crippen molar-refractivity contribution in [3.63, 3.8) is 0 Å². The number of halogens is 2. The molecule has 4 heteroatoms. The maximum Gasteiger partial charge on any atom is 0.169 e. The molecule has 0 amide bonds. The van der Waals surface area contributed by atoms with Gasteiger partial charge in [0.1, 0.15) is 5.76 Å². The molecule has 1 unspecified atom stereocenters. The summed E-state index contributed by atoms with van der Waals surface area (Å²) in [5.74, 6) is 0.931. The number of benzene rings is 1. The van der Waals surface area contributed by atoms with Crippen molar-refractivity contribution < 1.29 is 4.42 Å². The Hall–Kier alpha value is -0.770. The first-order valence-corrected chi connectivity index (χ1v) is 7.60. The van der Waals surface area contributed by atoms with Crippen LogP contribution in [-0.2, 0) is 6.42 Å². The van der Waals surface area contributed by atoms with Crippen LogP contribution in [0.3, 0.4) is 0 Å². The molecule has 102 valence electrons. The molecule has 0 radical (unpaired) electrons. The molecule has 2 nitrogen and oxygen atoms in total. The van der Waals surface area contributed by atoms with E-state index in [-0.39, 0.29) is 6.04 Å². The third kappa shape index (κ3) is 4.10. The van der Waals surface area contributed by atoms with E-state index in [9.17, 15) is 0 Å². The molecule has 2 rings (SSSR count). The van der Waals surface area contributed by atoms with Gasteiger partial charge in [0.2, 0.25) is 0 Å². The molecule has 2 aromatic rings. The lowest BCUT2D eigenvalue weighted by molar-refractivity contribution is 0.400. The Balaban J connectivity index is 2.16. The van der Waals surface area contributed by atoms with E-state index >= 15 is 0 Å². The number of hydrogen-bond acceptors (Lipinski definition) is 2. The van der Waals surface area contributed by atoms with Crippen molar-refractivity contribution in [2.24, 2.45) is 0 Å². The molecule has 0 spiro atoms. The highest BCUT2D eigenvalue weighted by atomic mass is 79.9. The van der Waals surface area contributed by atoms with Crippen molar-refractivity contribution in [3.05, 3.63) is 57.4 Å². The second-order valence-electron chi connectivity index (χ2n) is 4.44. The zero-order valence-corrected chi connectivity index (χ0v) is 13.2. The van der Waals surface area contributed by atoms with E-state index in [1.54, 1.807) is 0 Å². The lowest BCUT2D eigenvalue weighted by atomic mass is 10.0. The third-order valence-electron chi connectivity index (χ3n) is 2.96. The van der Waals surface area contributed by atoms with Crippen LogP contribution in [0.2, 0.25) is 5.02 Å². The van der Waals surface area contributed by atoms with E-state index in [1.807, 2.05) is 30.3 Å². The molecule has 1 aromatic carbocycles. The molecule has 19 heavy (non-hydrogen) atoms. The molecule has 0 bridgehead atoms. The number of nitrogens with one attached hydrogen (secondary N) is 1. The Morgan fingerprint density at radius 1 is 1.26 bits per heavy atom. The highest BCUT2D eigenvalue weighted by molar-refractivity contribution is 9.10. The molecule has 0 saturated carbocycles. The average Bonchev–Trinajstić information content (AvgIpc) is 2.83. The molecule has 1 aromatic heterocycles. The van der Waals surface area contributed by atoms with E-state index in [0.717, 1.165) is 40.4 Å². The van der Waals surface area contributed by atoms with Crippen molar-refractivity contribution >= 4 is 27.5 Å². The summed E-state index contributed by atoms with van der Waals surface area (Å²) in [4.78, 5) is 0. The highest BCUT2D eigenvalue weighted by Gasteiger charge is 2.16. The van der Waals surface area contributed by atoms with Gasteiger partial charge in [-0.25, -0.2) is 0 Å². The van der Waals surface area contributed by atoms with E-state index in [0.29, 0.717) is 0 Å². The van der Waals surface area contributed by atoms with E-state index < -0.39 is 0 Å². The summed E-state index contributed by atoms with van der Waals surface area (Å²) in [7, 11) is 0. The Labute approximate surface area is 127 Å². The summed E-state index contributed by atoms with van der Waals surface area (Å²) in [6, 6.07) is 12.0. The third-order valence-corrected chi connectivity index (χ3v) is 3.75. The van der Waals surface area contributed by atoms with Crippen molar-refractivity contribution in [2.45, 2.75) is 25.8 Å². The Kier molecular flexibility index (Phi) is 5.49. The zero-order chi connectivity index (χ0) is 13.7. The van der Waals surface area contributed by atoms with Gasteiger partial charge in [0.05, 0.1) is 6.04 Å². The van der Waals surface area contributed by atoms with Gasteiger partial charge in [-0.1, -0.05) is 36.7 Å². The minimum absolute atomic E-state index is 0.145. The molecular weight excluding hydrogens is 326 g/mol. The van der Waals surface area contributed by atoms with E-state index in [1.165, 1.54) is 0 Å². The number of furan rings is 1. The highest BCUT2D eigenvalue weighted by Crippen LogP contribution is 2.26. The van der Waals surface area contributed by atoms with E-state index in [4.69, 9.17) is 16.0 Å². The fourth-order valence-electron chi connectivity index (χ4n) is 1.99. The largest absolute Gasteiger partial charge is 0.453 e. The SMILES string of the molecule is CCCNC(Cc1ccccc1Cl)c1ccc(Br)o1. The van der Waals surface area contributed by atoms with Gasteiger partial charge in [-0.2, -0.15) is 0 Å². The lowest BCUT2D eigenvalue weighted by Crippen LogP contribution is -2.23. The van der Waals surface area contributed by atoms with Gasteiger partial charge in [0.15, 0.2) is 4.67 Å². The minimum atomic E-state index is 0.145. The standard InChI is InChI=1S/C15H17BrClNO/c1-2-9-18-13(14-7-8-15(16)19-14)10-11-5-3-4-6-12(11)17/h3-8,13,18H,2,9-10H2,1H3. The Bertz CT molecular complexity index is 526. The first-order valence-electron chi connectivity index (χ1n) is 6.42. The van der Waals surface area contributed by atoms with Crippen LogP contribution in [0.1, 0.15) is 30.7 Å². The van der Waals surface area contributed by atoms with Crippen molar-refractivity contribution in [3.8, 4) is 0 Å². The van der Waals surface area contributed by atoms with Crippen LogP contribution in [0.5, 0.6) is 0 Å². The number of rotatable bonds is 6. The normalized spacial score (nSPS) is 12.6. The summed E-state index contributed by atoms with van der Waals surface area (Å²) < 4.78 is 6.42. The molecule has 0 aliphatic heterocycles. The van der Waals surface area contributed by atoms with Crippen molar-refractivity contribution in [2.75, 3.05) is 6.54 Å². The summed E-state index contributed by atoms with van der Waals surface area (Å²) in [6.07, 6.45) is 1.90. The van der Waals surface area contributed by atoms with E-state index in [2.05, 4.69) is 34.2 Å². The van der Waals surface area contributed by atoms with Gasteiger partial charge in [-0.05, 0) is 59.1 Å². The predicted octanol–water partition coefficient (Wildman–Crippen LogP) is 4.98. The Morgan fingerprint density at radius 3 is 2.68 bits per heavy atom. The van der Waals surface area contributed by atoms with Crippen molar-refractivity contribution in [1.29, 1.82) is 0 Å². The molecule has 1 N–H and O–H groups in total. The maximum absolute atomic E-state index is 6.23. The van der Waals surface area contributed by atoms with Crippen LogP contribution < -0.4 is 5.32 Å². The van der Waals surface area contributed by atoms with Crippen LogP contribution in [0.4, 0.5) is 0 Å². The monoisotopic (exact) mass is 341 g/mol. The summed E-state index contributed by atoms with van der Waals surface area (Å²) in [6.45, 7) is 3.10. The average molecular weight is 343 g/mol. The van der Waals surface area contributed by atoms with Crippen LogP contribution in [-0.4, -0.2) is 6.54 Å². The first kappa shape index (κ1) is 14.6. The van der Waals surface area contributed by atoms with Crippen LogP contribution in [0.15, 0.2) is 45.5 Å². The molecular formula is C15H17BrClNO. The quantitative estimate of drug-likeness (QED) is 0.801. The van der Waals surface area contributed by atoms with Gasteiger partial charge in [-0.15, -0.1) is 0 Å². The second-order valence-corrected chi connectivity index (χ2v) is 5.63. The molecule has 0 aliphatic carbocycles. The maximum atomic E-state index is 6.23. The van der Waals surface area contributed by atoms with Gasteiger partial charge in [-0.3, -0.25) is 0 Å². The summed E-state index contributed by atoms with van der Waals surface area (Å²) in [5.41, 5.74) is 1.13.